The van der Waals surface area contributed by atoms with E-state index in [0.717, 1.165) is 27.7 Å². The van der Waals surface area contributed by atoms with Gasteiger partial charge in [-0.2, -0.15) is 0 Å². The molecule has 0 unspecified atom stereocenters. The molecule has 0 aliphatic rings. The van der Waals surface area contributed by atoms with Crippen LogP contribution in [0.2, 0.25) is 5.02 Å². The highest BCUT2D eigenvalue weighted by Crippen LogP contribution is 2.31. The summed E-state index contributed by atoms with van der Waals surface area (Å²) in [6.07, 6.45) is 0. The van der Waals surface area contributed by atoms with Crippen LogP contribution in [0.5, 0.6) is 0 Å². The number of aromatic nitrogens is 1. The van der Waals surface area contributed by atoms with Gasteiger partial charge in [-0.25, -0.2) is 4.79 Å². The molecule has 4 aromatic rings. The molecule has 3 aromatic carbocycles. The van der Waals surface area contributed by atoms with Gasteiger partial charge in [0.1, 0.15) is 0 Å². The smallest absolute Gasteiger partial charge is 0.337 e. The molecule has 1 amide bonds. The first-order valence-corrected chi connectivity index (χ1v) is 10.6. The number of rotatable bonds is 5. The van der Waals surface area contributed by atoms with Gasteiger partial charge >= 0.3 is 5.97 Å². The zero-order chi connectivity index (χ0) is 22.8. The molecule has 5 nitrogen and oxygen atoms in total. The third-order valence-electron chi connectivity index (χ3n) is 5.63. The Balaban J connectivity index is 1.62. The molecule has 0 saturated heterocycles. The second-order valence-electron chi connectivity index (χ2n) is 7.65. The number of ether oxygens (including phenoxy) is 1. The highest BCUT2D eigenvalue weighted by atomic mass is 35.5. The fraction of sp³-hybridized carbons (Fsp3) is 0.154. The SMILES string of the molecule is COC(=O)c1ccc([C@H](C)NC(=O)c2ccccc2-c2cc3cc(Cl)ccc3n2C)cc1. The zero-order valence-electron chi connectivity index (χ0n) is 18.1. The van der Waals surface area contributed by atoms with Gasteiger partial charge in [-0.1, -0.05) is 41.9 Å². The van der Waals surface area contributed by atoms with E-state index in [1.54, 1.807) is 12.1 Å². The van der Waals surface area contributed by atoms with Crippen LogP contribution in [0.25, 0.3) is 22.2 Å². The van der Waals surface area contributed by atoms with Crippen LogP contribution in [0.15, 0.2) is 72.8 Å². The van der Waals surface area contributed by atoms with Crippen LogP contribution in [0, 0.1) is 0 Å². The lowest BCUT2D eigenvalue weighted by molar-refractivity contribution is 0.0600. The molecule has 0 aliphatic carbocycles. The van der Waals surface area contributed by atoms with Crippen molar-refractivity contribution in [2.24, 2.45) is 7.05 Å². The Labute approximate surface area is 191 Å². The molecule has 0 spiro atoms. The molecule has 162 valence electrons. The minimum atomic E-state index is -0.390. The Morgan fingerprint density at radius 1 is 1.00 bits per heavy atom. The van der Waals surface area contributed by atoms with Crippen molar-refractivity contribution in [2.75, 3.05) is 7.11 Å². The lowest BCUT2D eigenvalue weighted by atomic mass is 10.0. The minimum absolute atomic E-state index is 0.173. The number of nitrogens with zero attached hydrogens (tertiary/aromatic N) is 1. The van der Waals surface area contributed by atoms with E-state index in [-0.39, 0.29) is 11.9 Å². The zero-order valence-corrected chi connectivity index (χ0v) is 18.8. The summed E-state index contributed by atoms with van der Waals surface area (Å²) in [5, 5.41) is 4.75. The average Bonchev–Trinajstić information content (AvgIpc) is 3.13. The molecule has 1 aromatic heterocycles. The number of carbonyl (C=O) groups is 2. The molecule has 0 saturated carbocycles. The first-order chi connectivity index (χ1) is 15.4. The van der Waals surface area contributed by atoms with Gasteiger partial charge in [0.15, 0.2) is 0 Å². The Hall–Kier alpha value is -3.57. The van der Waals surface area contributed by atoms with Gasteiger partial charge in [0.25, 0.3) is 5.91 Å². The molecule has 0 fully saturated rings. The molecule has 1 N–H and O–H groups in total. The van der Waals surface area contributed by atoms with Crippen molar-refractivity contribution in [3.8, 4) is 11.3 Å². The number of carbonyl (C=O) groups excluding carboxylic acids is 2. The van der Waals surface area contributed by atoms with Gasteiger partial charge in [0, 0.05) is 39.8 Å². The summed E-state index contributed by atoms with van der Waals surface area (Å²) in [6, 6.07) is 22.1. The highest BCUT2D eigenvalue weighted by molar-refractivity contribution is 6.31. The van der Waals surface area contributed by atoms with E-state index >= 15 is 0 Å². The second-order valence-corrected chi connectivity index (χ2v) is 8.08. The van der Waals surface area contributed by atoms with E-state index < -0.39 is 5.97 Å². The molecule has 1 heterocycles. The Bertz CT molecular complexity index is 1310. The van der Waals surface area contributed by atoms with Gasteiger partial charge < -0.3 is 14.6 Å². The molecule has 1 atom stereocenters. The van der Waals surface area contributed by atoms with E-state index in [9.17, 15) is 9.59 Å². The van der Waals surface area contributed by atoms with Gasteiger partial charge in [0.05, 0.1) is 18.7 Å². The number of methoxy groups -OCH3 is 1. The molecular formula is C26H23ClN2O3. The lowest BCUT2D eigenvalue weighted by Gasteiger charge is -2.17. The third kappa shape index (κ3) is 4.12. The molecule has 0 bridgehead atoms. The van der Waals surface area contributed by atoms with Gasteiger partial charge in [-0.3, -0.25) is 4.79 Å². The number of halogens is 1. The van der Waals surface area contributed by atoms with Crippen LogP contribution < -0.4 is 5.32 Å². The number of amides is 1. The van der Waals surface area contributed by atoms with Crippen molar-refractivity contribution in [1.29, 1.82) is 0 Å². The molecular weight excluding hydrogens is 424 g/mol. The minimum Gasteiger partial charge on any atom is -0.465 e. The largest absolute Gasteiger partial charge is 0.465 e. The van der Waals surface area contributed by atoms with E-state index in [1.165, 1.54) is 7.11 Å². The van der Waals surface area contributed by atoms with Gasteiger partial charge in [0.2, 0.25) is 0 Å². The van der Waals surface area contributed by atoms with Gasteiger partial charge in [-0.15, -0.1) is 0 Å². The van der Waals surface area contributed by atoms with Crippen molar-refractivity contribution in [3.63, 3.8) is 0 Å². The number of benzene rings is 3. The highest BCUT2D eigenvalue weighted by Gasteiger charge is 2.18. The maximum atomic E-state index is 13.2. The summed E-state index contributed by atoms with van der Waals surface area (Å²) in [6.45, 7) is 1.91. The quantitative estimate of drug-likeness (QED) is 0.395. The van der Waals surface area contributed by atoms with Crippen LogP contribution in [-0.2, 0) is 11.8 Å². The Morgan fingerprint density at radius 2 is 1.72 bits per heavy atom. The van der Waals surface area contributed by atoms with Crippen LogP contribution in [0.1, 0.15) is 39.2 Å². The predicted molar refractivity (Wildman–Crippen MR) is 127 cm³/mol. The van der Waals surface area contributed by atoms with Gasteiger partial charge in [-0.05, 0) is 55.0 Å². The molecule has 32 heavy (non-hydrogen) atoms. The first kappa shape index (κ1) is 21.7. The lowest BCUT2D eigenvalue weighted by Crippen LogP contribution is -2.27. The molecule has 0 aliphatic heterocycles. The predicted octanol–water partition coefficient (Wildman–Crippen LogP) is 5.78. The maximum Gasteiger partial charge on any atom is 0.337 e. The fourth-order valence-electron chi connectivity index (χ4n) is 3.87. The number of hydrogen-bond acceptors (Lipinski definition) is 3. The monoisotopic (exact) mass is 446 g/mol. The number of esters is 1. The summed E-state index contributed by atoms with van der Waals surface area (Å²) >= 11 is 6.16. The Kier molecular flexibility index (Phi) is 6.01. The summed E-state index contributed by atoms with van der Waals surface area (Å²) in [4.78, 5) is 24.8. The number of aryl methyl sites for hydroxylation is 1. The van der Waals surface area contributed by atoms with Crippen LogP contribution in [0.4, 0.5) is 0 Å². The van der Waals surface area contributed by atoms with Crippen molar-refractivity contribution in [3.05, 3.63) is 94.5 Å². The number of hydrogen-bond donors (Lipinski definition) is 1. The molecule has 4 rings (SSSR count). The number of nitrogens with one attached hydrogen (secondary N) is 1. The Morgan fingerprint density at radius 3 is 2.44 bits per heavy atom. The maximum absolute atomic E-state index is 13.2. The summed E-state index contributed by atoms with van der Waals surface area (Å²) in [5.41, 5.74) is 4.76. The van der Waals surface area contributed by atoms with Crippen molar-refractivity contribution in [2.45, 2.75) is 13.0 Å². The van der Waals surface area contributed by atoms with Crippen LogP contribution >= 0.6 is 11.6 Å². The number of fused-ring (bicyclic) bond motifs is 1. The standard InChI is InChI=1S/C26H23ClN2O3/c1-16(17-8-10-18(11-9-17)26(31)32-3)28-25(30)22-7-5-4-6-21(22)24-15-19-14-20(27)12-13-23(19)29(24)2/h4-16H,1-3H3,(H,28,30)/t16-/m0/s1. The van der Waals surface area contributed by atoms with E-state index in [0.29, 0.717) is 16.1 Å². The fourth-order valence-corrected chi connectivity index (χ4v) is 4.05. The van der Waals surface area contributed by atoms with Crippen molar-refractivity contribution < 1.29 is 14.3 Å². The summed E-state index contributed by atoms with van der Waals surface area (Å²) < 4.78 is 6.80. The van der Waals surface area contributed by atoms with Crippen LogP contribution in [-0.4, -0.2) is 23.6 Å². The van der Waals surface area contributed by atoms with E-state index in [1.807, 2.05) is 74.6 Å². The van der Waals surface area contributed by atoms with Crippen molar-refractivity contribution in [1.82, 2.24) is 9.88 Å². The van der Waals surface area contributed by atoms with E-state index in [2.05, 4.69) is 9.88 Å². The van der Waals surface area contributed by atoms with Crippen molar-refractivity contribution >= 4 is 34.4 Å². The topological polar surface area (TPSA) is 60.3 Å². The summed E-state index contributed by atoms with van der Waals surface area (Å²) in [7, 11) is 3.33. The average molecular weight is 447 g/mol. The normalized spacial score (nSPS) is 11.9. The first-order valence-electron chi connectivity index (χ1n) is 10.2. The third-order valence-corrected chi connectivity index (χ3v) is 5.87. The van der Waals surface area contributed by atoms with Crippen LogP contribution in [0.3, 0.4) is 0 Å². The van der Waals surface area contributed by atoms with E-state index in [4.69, 9.17) is 16.3 Å². The molecule has 0 radical (unpaired) electrons. The second kappa shape index (κ2) is 8.89. The molecule has 6 heteroatoms. The summed E-state index contributed by atoms with van der Waals surface area (Å²) in [5.74, 6) is -0.563.